The molecule has 0 aromatic heterocycles. The molecule has 0 radical (unpaired) electrons. The van der Waals surface area contributed by atoms with Gasteiger partial charge in [-0.25, -0.2) is 0 Å². The van der Waals surface area contributed by atoms with Crippen LogP contribution in [0.15, 0.2) is 12.2 Å². The predicted molar refractivity (Wildman–Crippen MR) is 47.4 cm³/mol. The second-order valence-corrected chi connectivity index (χ2v) is 3.67. The van der Waals surface area contributed by atoms with Crippen molar-refractivity contribution in [3.8, 4) is 0 Å². The monoisotopic (exact) mass is 154 g/mol. The lowest BCUT2D eigenvalue weighted by molar-refractivity contribution is -0.00304. The van der Waals surface area contributed by atoms with Gasteiger partial charge in [-0.05, 0) is 25.2 Å². The normalized spacial score (nSPS) is 23.9. The number of rotatable bonds is 3. The highest BCUT2D eigenvalue weighted by molar-refractivity contribution is 5.05. The summed E-state index contributed by atoms with van der Waals surface area (Å²) in [5.74, 6) is 0.447. The highest BCUT2D eigenvalue weighted by Crippen LogP contribution is 2.33. The van der Waals surface area contributed by atoms with Crippen LogP contribution in [0.25, 0.3) is 0 Å². The standard InChI is InChI=1S/C10H18O/c1-3-6-9(2)10(11)7-4-5-8-10/h4-5,9,11H,3,6-8H2,1-2H3. The van der Waals surface area contributed by atoms with Gasteiger partial charge < -0.3 is 5.11 Å². The molecule has 0 bridgehead atoms. The molecule has 0 amide bonds. The first kappa shape index (κ1) is 8.79. The van der Waals surface area contributed by atoms with Crippen molar-refractivity contribution in [3.05, 3.63) is 12.2 Å². The van der Waals surface area contributed by atoms with Crippen LogP contribution in [0, 0.1) is 5.92 Å². The van der Waals surface area contributed by atoms with E-state index in [4.69, 9.17) is 0 Å². The topological polar surface area (TPSA) is 20.2 Å². The van der Waals surface area contributed by atoms with E-state index in [9.17, 15) is 5.11 Å². The van der Waals surface area contributed by atoms with Crippen LogP contribution < -0.4 is 0 Å². The molecule has 1 aliphatic carbocycles. The first-order valence-electron chi connectivity index (χ1n) is 4.56. The molecular weight excluding hydrogens is 136 g/mol. The molecule has 64 valence electrons. The highest BCUT2D eigenvalue weighted by atomic mass is 16.3. The van der Waals surface area contributed by atoms with Crippen LogP contribution in [-0.4, -0.2) is 10.7 Å². The fourth-order valence-corrected chi connectivity index (χ4v) is 1.76. The Labute approximate surface area is 69.1 Å². The van der Waals surface area contributed by atoms with Crippen LogP contribution in [0.2, 0.25) is 0 Å². The molecule has 0 fully saturated rings. The lowest BCUT2D eigenvalue weighted by Crippen LogP contribution is -2.33. The maximum absolute atomic E-state index is 10.0. The summed E-state index contributed by atoms with van der Waals surface area (Å²) in [5, 5.41) is 10.0. The van der Waals surface area contributed by atoms with E-state index in [1.54, 1.807) is 0 Å². The number of hydrogen-bond donors (Lipinski definition) is 1. The Morgan fingerprint density at radius 1 is 1.45 bits per heavy atom. The Balaban J connectivity index is 2.44. The molecule has 1 N–H and O–H groups in total. The maximum atomic E-state index is 10.0. The third kappa shape index (κ3) is 1.84. The lowest BCUT2D eigenvalue weighted by atomic mass is 9.84. The zero-order chi connectivity index (χ0) is 8.32. The van der Waals surface area contributed by atoms with Crippen molar-refractivity contribution >= 4 is 0 Å². The molecule has 0 saturated carbocycles. The predicted octanol–water partition coefficient (Wildman–Crippen LogP) is 2.50. The average Bonchev–Trinajstić information content (AvgIpc) is 2.38. The van der Waals surface area contributed by atoms with Crippen molar-refractivity contribution in [3.63, 3.8) is 0 Å². The Kier molecular flexibility index (Phi) is 2.72. The largest absolute Gasteiger partial charge is 0.389 e. The minimum Gasteiger partial charge on any atom is -0.389 e. The van der Waals surface area contributed by atoms with Gasteiger partial charge in [-0.1, -0.05) is 32.4 Å². The van der Waals surface area contributed by atoms with Crippen molar-refractivity contribution in [1.29, 1.82) is 0 Å². The van der Waals surface area contributed by atoms with Gasteiger partial charge in [-0.2, -0.15) is 0 Å². The minimum atomic E-state index is -0.407. The zero-order valence-corrected chi connectivity index (χ0v) is 7.51. The fraction of sp³-hybridized carbons (Fsp3) is 0.800. The molecule has 11 heavy (non-hydrogen) atoms. The van der Waals surface area contributed by atoms with Gasteiger partial charge in [0, 0.05) is 0 Å². The molecule has 1 rings (SSSR count). The summed E-state index contributed by atoms with van der Waals surface area (Å²) in [4.78, 5) is 0. The van der Waals surface area contributed by atoms with Crippen molar-refractivity contribution in [2.75, 3.05) is 0 Å². The van der Waals surface area contributed by atoms with E-state index in [-0.39, 0.29) is 0 Å². The summed E-state index contributed by atoms with van der Waals surface area (Å²) >= 11 is 0. The van der Waals surface area contributed by atoms with Gasteiger partial charge >= 0.3 is 0 Å². The van der Waals surface area contributed by atoms with Crippen LogP contribution in [0.5, 0.6) is 0 Å². The quantitative estimate of drug-likeness (QED) is 0.619. The molecular formula is C10H18O. The first-order chi connectivity index (χ1) is 5.19. The fourth-order valence-electron chi connectivity index (χ4n) is 1.76. The van der Waals surface area contributed by atoms with Crippen LogP contribution in [0.1, 0.15) is 39.5 Å². The van der Waals surface area contributed by atoms with E-state index in [1.807, 2.05) is 0 Å². The SMILES string of the molecule is CCCC(C)C1(O)CC=CC1. The van der Waals surface area contributed by atoms with Gasteiger partial charge in [0.05, 0.1) is 5.60 Å². The molecule has 1 atom stereocenters. The summed E-state index contributed by atoms with van der Waals surface area (Å²) < 4.78 is 0. The minimum absolute atomic E-state index is 0.407. The van der Waals surface area contributed by atoms with Gasteiger partial charge in [0.2, 0.25) is 0 Å². The van der Waals surface area contributed by atoms with Crippen molar-refractivity contribution in [2.24, 2.45) is 5.92 Å². The van der Waals surface area contributed by atoms with Crippen molar-refractivity contribution < 1.29 is 5.11 Å². The number of aliphatic hydroxyl groups is 1. The Morgan fingerprint density at radius 3 is 2.45 bits per heavy atom. The highest BCUT2D eigenvalue weighted by Gasteiger charge is 2.33. The van der Waals surface area contributed by atoms with Gasteiger partial charge in [-0.15, -0.1) is 0 Å². The van der Waals surface area contributed by atoms with E-state index in [2.05, 4.69) is 26.0 Å². The molecule has 0 aliphatic heterocycles. The number of hydrogen-bond acceptors (Lipinski definition) is 1. The third-order valence-corrected chi connectivity index (χ3v) is 2.75. The Morgan fingerprint density at radius 2 is 2.00 bits per heavy atom. The van der Waals surface area contributed by atoms with Crippen molar-refractivity contribution in [2.45, 2.75) is 45.1 Å². The average molecular weight is 154 g/mol. The molecule has 1 unspecified atom stereocenters. The molecule has 1 aliphatic rings. The molecule has 1 nitrogen and oxygen atoms in total. The second-order valence-electron chi connectivity index (χ2n) is 3.67. The van der Waals surface area contributed by atoms with Gasteiger partial charge in [-0.3, -0.25) is 0 Å². The second kappa shape index (κ2) is 3.40. The van der Waals surface area contributed by atoms with E-state index in [0.717, 1.165) is 19.3 Å². The van der Waals surface area contributed by atoms with Crippen LogP contribution in [-0.2, 0) is 0 Å². The molecule has 1 heteroatoms. The summed E-state index contributed by atoms with van der Waals surface area (Å²) in [6.07, 6.45) is 8.20. The third-order valence-electron chi connectivity index (χ3n) is 2.75. The summed E-state index contributed by atoms with van der Waals surface area (Å²) in [7, 11) is 0. The Bertz CT molecular complexity index is 141. The van der Waals surface area contributed by atoms with Gasteiger partial charge in [0.1, 0.15) is 0 Å². The van der Waals surface area contributed by atoms with E-state index in [1.165, 1.54) is 6.42 Å². The molecule has 0 spiro atoms. The van der Waals surface area contributed by atoms with Gasteiger partial charge in [0.25, 0.3) is 0 Å². The maximum Gasteiger partial charge on any atom is 0.0741 e. The molecule has 0 saturated heterocycles. The van der Waals surface area contributed by atoms with E-state index >= 15 is 0 Å². The van der Waals surface area contributed by atoms with Gasteiger partial charge in [0.15, 0.2) is 0 Å². The molecule has 0 aromatic carbocycles. The van der Waals surface area contributed by atoms with Crippen molar-refractivity contribution in [1.82, 2.24) is 0 Å². The summed E-state index contributed by atoms with van der Waals surface area (Å²) in [6, 6.07) is 0. The summed E-state index contributed by atoms with van der Waals surface area (Å²) in [6.45, 7) is 4.32. The van der Waals surface area contributed by atoms with E-state index in [0.29, 0.717) is 5.92 Å². The zero-order valence-electron chi connectivity index (χ0n) is 7.51. The lowest BCUT2D eigenvalue weighted by Gasteiger charge is -2.29. The smallest absolute Gasteiger partial charge is 0.0741 e. The van der Waals surface area contributed by atoms with Crippen LogP contribution in [0.4, 0.5) is 0 Å². The Hall–Kier alpha value is -0.300. The molecule has 0 heterocycles. The van der Waals surface area contributed by atoms with Crippen LogP contribution in [0.3, 0.4) is 0 Å². The molecule has 0 aromatic rings. The van der Waals surface area contributed by atoms with Crippen LogP contribution >= 0.6 is 0 Å². The van der Waals surface area contributed by atoms with E-state index < -0.39 is 5.60 Å². The first-order valence-corrected chi connectivity index (χ1v) is 4.56. The summed E-state index contributed by atoms with van der Waals surface area (Å²) in [5.41, 5.74) is -0.407.